The van der Waals surface area contributed by atoms with Crippen LogP contribution >= 0.6 is 15.9 Å². The number of fused-ring (bicyclic) bond motifs is 1. The molecule has 0 radical (unpaired) electrons. The Morgan fingerprint density at radius 3 is 2.69 bits per heavy atom. The van der Waals surface area contributed by atoms with E-state index < -0.39 is 0 Å². The van der Waals surface area contributed by atoms with E-state index in [9.17, 15) is 9.18 Å². The lowest BCUT2D eigenvalue weighted by Gasteiger charge is -2.31. The molecular formula is C20H21BrFN3O. The molecule has 136 valence electrons. The Morgan fingerprint density at radius 2 is 2.00 bits per heavy atom. The van der Waals surface area contributed by atoms with E-state index in [1.807, 2.05) is 12.1 Å². The SMILES string of the molecule is CC1CCN(c2ccc(C(=O)N3CCc4cc(Br)cc(F)c43)cn2)CC1. The Balaban J connectivity index is 1.53. The summed E-state index contributed by atoms with van der Waals surface area (Å²) >= 11 is 3.31. The van der Waals surface area contributed by atoms with Gasteiger partial charge >= 0.3 is 0 Å². The van der Waals surface area contributed by atoms with Gasteiger partial charge in [-0.15, -0.1) is 0 Å². The maximum absolute atomic E-state index is 14.4. The Bertz CT molecular complexity index is 832. The lowest BCUT2D eigenvalue weighted by Crippen LogP contribution is -2.33. The summed E-state index contributed by atoms with van der Waals surface area (Å²) in [6.45, 7) is 4.77. The quantitative estimate of drug-likeness (QED) is 0.725. The number of carbonyl (C=O) groups is 1. The van der Waals surface area contributed by atoms with Crippen LogP contribution in [0.15, 0.2) is 34.9 Å². The molecule has 0 spiro atoms. The van der Waals surface area contributed by atoms with Gasteiger partial charge in [0.2, 0.25) is 0 Å². The first-order valence-corrected chi connectivity index (χ1v) is 9.83. The Hall–Kier alpha value is -1.95. The van der Waals surface area contributed by atoms with Gasteiger partial charge in [0.15, 0.2) is 0 Å². The molecule has 6 heteroatoms. The number of hydrogen-bond acceptors (Lipinski definition) is 3. The minimum atomic E-state index is -0.368. The van der Waals surface area contributed by atoms with Crippen LogP contribution < -0.4 is 9.80 Å². The maximum Gasteiger partial charge on any atom is 0.259 e. The van der Waals surface area contributed by atoms with Crippen LogP contribution in [0.3, 0.4) is 0 Å². The highest BCUT2D eigenvalue weighted by Gasteiger charge is 2.29. The second-order valence-electron chi connectivity index (χ2n) is 7.18. The third kappa shape index (κ3) is 3.22. The third-order valence-corrected chi connectivity index (χ3v) is 5.79. The number of hydrogen-bond donors (Lipinski definition) is 0. The molecule has 1 fully saturated rings. The number of pyridine rings is 1. The van der Waals surface area contributed by atoms with Crippen LogP contribution in [-0.2, 0) is 6.42 Å². The van der Waals surface area contributed by atoms with Gasteiger partial charge in [-0.1, -0.05) is 22.9 Å². The smallest absolute Gasteiger partial charge is 0.259 e. The number of rotatable bonds is 2. The first-order chi connectivity index (χ1) is 12.5. The summed E-state index contributed by atoms with van der Waals surface area (Å²) in [6.07, 6.45) is 4.61. The monoisotopic (exact) mass is 417 g/mol. The van der Waals surface area contributed by atoms with Crippen LogP contribution in [-0.4, -0.2) is 30.5 Å². The second kappa shape index (κ2) is 6.99. The number of carbonyl (C=O) groups excluding carboxylic acids is 1. The highest BCUT2D eigenvalue weighted by molar-refractivity contribution is 9.10. The van der Waals surface area contributed by atoms with Crippen molar-refractivity contribution in [2.75, 3.05) is 29.4 Å². The van der Waals surface area contributed by atoms with Crippen LogP contribution in [0.2, 0.25) is 0 Å². The van der Waals surface area contributed by atoms with Crippen LogP contribution in [0.25, 0.3) is 0 Å². The first kappa shape index (κ1) is 17.5. The fourth-order valence-corrected chi connectivity index (χ4v) is 4.23. The minimum Gasteiger partial charge on any atom is -0.357 e. The van der Waals surface area contributed by atoms with Crippen molar-refractivity contribution in [1.29, 1.82) is 0 Å². The van der Waals surface area contributed by atoms with E-state index in [4.69, 9.17) is 0 Å². The Kier molecular flexibility index (Phi) is 4.69. The summed E-state index contributed by atoms with van der Waals surface area (Å²) in [6, 6.07) is 6.99. The van der Waals surface area contributed by atoms with Crippen LogP contribution in [0.4, 0.5) is 15.9 Å². The standard InChI is InChI=1S/C20H21BrFN3O/c1-13-4-7-24(8-5-13)18-3-2-15(12-23-18)20(26)25-9-6-14-10-16(21)11-17(22)19(14)25/h2-3,10-13H,4-9H2,1H3. The zero-order valence-electron chi connectivity index (χ0n) is 14.7. The predicted molar refractivity (Wildman–Crippen MR) is 104 cm³/mol. The molecular weight excluding hydrogens is 397 g/mol. The molecule has 1 saturated heterocycles. The van der Waals surface area contributed by atoms with Crippen molar-refractivity contribution in [3.8, 4) is 0 Å². The molecule has 0 aliphatic carbocycles. The van der Waals surface area contributed by atoms with Crippen molar-refractivity contribution in [2.45, 2.75) is 26.2 Å². The van der Waals surface area contributed by atoms with Gasteiger partial charge in [0.25, 0.3) is 5.91 Å². The second-order valence-corrected chi connectivity index (χ2v) is 8.09. The number of nitrogens with zero attached hydrogens (tertiary/aromatic N) is 3. The van der Waals surface area contributed by atoms with Crippen molar-refractivity contribution in [1.82, 2.24) is 4.98 Å². The molecule has 26 heavy (non-hydrogen) atoms. The molecule has 3 heterocycles. The fraction of sp³-hybridized carbons (Fsp3) is 0.400. The summed E-state index contributed by atoms with van der Waals surface area (Å²) in [5.74, 6) is 1.10. The average Bonchev–Trinajstić information content (AvgIpc) is 3.06. The number of piperidine rings is 1. The van der Waals surface area contributed by atoms with Gasteiger partial charge in [0.05, 0.1) is 11.3 Å². The van der Waals surface area contributed by atoms with Gasteiger partial charge in [-0.05, 0) is 55.0 Å². The van der Waals surface area contributed by atoms with Crippen molar-refractivity contribution in [3.05, 3.63) is 51.9 Å². The van der Waals surface area contributed by atoms with Crippen LogP contribution in [0.5, 0.6) is 0 Å². The van der Waals surface area contributed by atoms with Gasteiger partial charge in [-0.2, -0.15) is 0 Å². The summed E-state index contributed by atoms with van der Waals surface area (Å²) in [5.41, 5.74) is 1.75. The number of benzene rings is 1. The van der Waals surface area contributed by atoms with E-state index in [1.165, 1.54) is 23.8 Å². The molecule has 0 unspecified atom stereocenters. The molecule has 1 aromatic heterocycles. The average molecular weight is 418 g/mol. The largest absolute Gasteiger partial charge is 0.357 e. The molecule has 2 aliphatic rings. The van der Waals surface area contributed by atoms with E-state index in [0.717, 1.165) is 30.4 Å². The summed E-state index contributed by atoms with van der Waals surface area (Å²) < 4.78 is 15.1. The first-order valence-electron chi connectivity index (χ1n) is 9.03. The van der Waals surface area contributed by atoms with Gasteiger partial charge in [-0.25, -0.2) is 9.37 Å². The lowest BCUT2D eigenvalue weighted by molar-refractivity contribution is 0.0988. The van der Waals surface area contributed by atoms with Gasteiger partial charge in [0, 0.05) is 30.3 Å². The molecule has 2 aliphatic heterocycles. The zero-order valence-corrected chi connectivity index (χ0v) is 16.3. The number of halogens is 2. The van der Waals surface area contributed by atoms with Gasteiger partial charge < -0.3 is 9.80 Å². The fourth-order valence-electron chi connectivity index (χ4n) is 3.75. The molecule has 1 amide bonds. The van der Waals surface area contributed by atoms with E-state index >= 15 is 0 Å². The topological polar surface area (TPSA) is 36.4 Å². The summed E-state index contributed by atoms with van der Waals surface area (Å²) in [5, 5.41) is 0. The molecule has 0 N–H and O–H groups in total. The zero-order chi connectivity index (χ0) is 18.3. The van der Waals surface area contributed by atoms with Crippen LogP contribution in [0.1, 0.15) is 35.7 Å². The predicted octanol–water partition coefficient (Wildman–Crippen LogP) is 4.42. The highest BCUT2D eigenvalue weighted by Crippen LogP contribution is 2.34. The Labute approximate surface area is 161 Å². The molecule has 4 rings (SSSR count). The number of amides is 1. The van der Waals surface area contributed by atoms with E-state index in [2.05, 4.69) is 32.7 Å². The van der Waals surface area contributed by atoms with Gasteiger partial charge in [0.1, 0.15) is 11.6 Å². The highest BCUT2D eigenvalue weighted by atomic mass is 79.9. The maximum atomic E-state index is 14.4. The van der Waals surface area contributed by atoms with Crippen LogP contribution in [0, 0.1) is 11.7 Å². The molecule has 0 bridgehead atoms. The van der Waals surface area contributed by atoms with Crippen molar-refractivity contribution in [2.24, 2.45) is 5.92 Å². The van der Waals surface area contributed by atoms with E-state index in [0.29, 0.717) is 28.7 Å². The van der Waals surface area contributed by atoms with Crippen molar-refractivity contribution in [3.63, 3.8) is 0 Å². The molecule has 0 atom stereocenters. The molecule has 0 saturated carbocycles. The summed E-state index contributed by atoms with van der Waals surface area (Å²) in [4.78, 5) is 21.1. The number of aromatic nitrogens is 1. The van der Waals surface area contributed by atoms with E-state index in [1.54, 1.807) is 12.3 Å². The third-order valence-electron chi connectivity index (χ3n) is 5.33. The summed E-state index contributed by atoms with van der Waals surface area (Å²) in [7, 11) is 0. The van der Waals surface area contributed by atoms with Gasteiger partial charge in [-0.3, -0.25) is 4.79 Å². The van der Waals surface area contributed by atoms with E-state index in [-0.39, 0.29) is 11.7 Å². The number of anilines is 2. The Morgan fingerprint density at radius 1 is 1.23 bits per heavy atom. The lowest BCUT2D eigenvalue weighted by atomic mass is 9.99. The van der Waals surface area contributed by atoms with Crippen molar-refractivity contribution >= 4 is 33.3 Å². The molecule has 1 aromatic carbocycles. The molecule has 4 nitrogen and oxygen atoms in total. The van der Waals surface area contributed by atoms with Crippen molar-refractivity contribution < 1.29 is 9.18 Å². The molecule has 2 aromatic rings. The minimum absolute atomic E-state index is 0.198. The normalized spacial score (nSPS) is 17.5.